The van der Waals surface area contributed by atoms with Gasteiger partial charge in [-0.05, 0) is 34.6 Å². The summed E-state index contributed by atoms with van der Waals surface area (Å²) in [5.41, 5.74) is -0.423. The molecule has 4 heteroatoms. The molecule has 1 amide bonds. The van der Waals surface area contributed by atoms with Crippen molar-refractivity contribution in [3.63, 3.8) is 0 Å². The maximum atomic E-state index is 11.6. The number of nitrogens with zero attached hydrogens (tertiary/aromatic N) is 1. The van der Waals surface area contributed by atoms with Crippen molar-refractivity contribution in [3.05, 3.63) is 0 Å². The molecule has 4 nitrogen and oxygen atoms in total. The lowest BCUT2D eigenvalue weighted by atomic mass is 10.0. The first-order valence-corrected chi connectivity index (χ1v) is 5.46. The van der Waals surface area contributed by atoms with E-state index in [-0.39, 0.29) is 18.2 Å². The fourth-order valence-corrected chi connectivity index (χ4v) is 1.54. The van der Waals surface area contributed by atoms with Crippen LogP contribution in [0, 0.1) is 0 Å². The van der Waals surface area contributed by atoms with Gasteiger partial charge in [-0.15, -0.1) is 0 Å². The zero-order valence-corrected chi connectivity index (χ0v) is 10.2. The van der Waals surface area contributed by atoms with Crippen molar-refractivity contribution >= 4 is 6.09 Å². The van der Waals surface area contributed by atoms with Gasteiger partial charge in [0.1, 0.15) is 5.60 Å². The predicted octanol–water partition coefficient (Wildman–Crippen LogP) is 2.03. The fraction of sp³-hybridized carbons (Fsp3) is 0.909. The Morgan fingerprint density at radius 1 is 1.47 bits per heavy atom. The minimum atomic E-state index is -0.423. The second-order valence-corrected chi connectivity index (χ2v) is 4.87. The molecule has 0 N–H and O–H groups in total. The standard InChI is InChI=1S/C11H21NO3/c1-6-14-9-7-12(8(9)2)10(13)15-11(3,4)5/h8-9H,6-7H2,1-5H3/t8-,9+/m0/s1. The second kappa shape index (κ2) is 4.39. The Morgan fingerprint density at radius 3 is 2.47 bits per heavy atom. The van der Waals surface area contributed by atoms with E-state index in [1.54, 1.807) is 4.90 Å². The summed E-state index contributed by atoms with van der Waals surface area (Å²) in [5, 5.41) is 0. The van der Waals surface area contributed by atoms with Crippen molar-refractivity contribution in [1.82, 2.24) is 4.90 Å². The SMILES string of the molecule is CCO[C@@H]1CN(C(=O)OC(C)(C)C)[C@H]1C. The molecule has 0 saturated carbocycles. The molecule has 1 aliphatic heterocycles. The number of rotatable bonds is 2. The summed E-state index contributed by atoms with van der Waals surface area (Å²) in [6, 6.07) is 0.125. The fourth-order valence-electron chi connectivity index (χ4n) is 1.54. The van der Waals surface area contributed by atoms with Crippen molar-refractivity contribution in [1.29, 1.82) is 0 Å². The lowest BCUT2D eigenvalue weighted by Crippen LogP contribution is -2.62. The van der Waals surface area contributed by atoms with E-state index in [1.165, 1.54) is 0 Å². The summed E-state index contributed by atoms with van der Waals surface area (Å²) in [7, 11) is 0. The van der Waals surface area contributed by atoms with Crippen LogP contribution in [0.3, 0.4) is 0 Å². The molecule has 0 bridgehead atoms. The van der Waals surface area contributed by atoms with Gasteiger partial charge in [0, 0.05) is 6.61 Å². The Balaban J connectivity index is 2.39. The average Bonchev–Trinajstić information content (AvgIpc) is 2.07. The molecule has 0 aromatic carbocycles. The van der Waals surface area contributed by atoms with Gasteiger partial charge in [0.05, 0.1) is 18.7 Å². The average molecular weight is 215 g/mol. The Hall–Kier alpha value is -0.770. The first-order chi connectivity index (χ1) is 6.85. The van der Waals surface area contributed by atoms with Crippen LogP contribution < -0.4 is 0 Å². The molecule has 1 saturated heterocycles. The number of carbonyl (C=O) groups is 1. The second-order valence-electron chi connectivity index (χ2n) is 4.87. The van der Waals surface area contributed by atoms with Crippen LogP contribution in [0.5, 0.6) is 0 Å². The van der Waals surface area contributed by atoms with E-state index in [0.717, 1.165) is 0 Å². The van der Waals surface area contributed by atoms with Gasteiger partial charge in [-0.25, -0.2) is 4.79 Å². The van der Waals surface area contributed by atoms with E-state index in [2.05, 4.69) is 0 Å². The molecule has 0 spiro atoms. The zero-order chi connectivity index (χ0) is 11.6. The van der Waals surface area contributed by atoms with Crippen LogP contribution in [-0.2, 0) is 9.47 Å². The normalized spacial score (nSPS) is 26.1. The summed E-state index contributed by atoms with van der Waals surface area (Å²) < 4.78 is 10.7. The number of ether oxygens (including phenoxy) is 2. The van der Waals surface area contributed by atoms with Gasteiger partial charge in [-0.1, -0.05) is 0 Å². The van der Waals surface area contributed by atoms with Crippen LogP contribution in [0.1, 0.15) is 34.6 Å². The molecule has 2 atom stereocenters. The van der Waals surface area contributed by atoms with Crippen molar-refractivity contribution in [2.45, 2.75) is 52.4 Å². The highest BCUT2D eigenvalue weighted by Gasteiger charge is 2.41. The maximum absolute atomic E-state index is 11.6. The molecular formula is C11H21NO3. The predicted molar refractivity (Wildman–Crippen MR) is 57.8 cm³/mol. The van der Waals surface area contributed by atoms with Crippen molar-refractivity contribution in [2.24, 2.45) is 0 Å². The number of hydrogen-bond donors (Lipinski definition) is 0. The summed E-state index contributed by atoms with van der Waals surface area (Å²) in [5.74, 6) is 0. The number of carbonyl (C=O) groups excluding carboxylic acids is 1. The van der Waals surface area contributed by atoms with Crippen LogP contribution in [0.15, 0.2) is 0 Å². The maximum Gasteiger partial charge on any atom is 0.410 e. The lowest BCUT2D eigenvalue weighted by Gasteiger charge is -2.45. The van der Waals surface area contributed by atoms with Crippen LogP contribution in [0.25, 0.3) is 0 Å². The smallest absolute Gasteiger partial charge is 0.410 e. The Morgan fingerprint density at radius 2 is 2.07 bits per heavy atom. The topological polar surface area (TPSA) is 38.8 Å². The molecule has 0 aromatic rings. The summed E-state index contributed by atoms with van der Waals surface area (Å²) in [6.07, 6.45) is -0.0755. The van der Waals surface area contributed by atoms with Crippen LogP contribution in [-0.4, -0.2) is 41.9 Å². The quantitative estimate of drug-likeness (QED) is 0.707. The van der Waals surface area contributed by atoms with Gasteiger partial charge in [0.15, 0.2) is 0 Å². The molecule has 1 fully saturated rings. The molecule has 0 unspecified atom stereocenters. The number of amides is 1. The minimum Gasteiger partial charge on any atom is -0.444 e. The Kier molecular flexibility index (Phi) is 3.60. The third kappa shape index (κ3) is 3.09. The largest absolute Gasteiger partial charge is 0.444 e. The van der Waals surface area contributed by atoms with E-state index in [0.29, 0.717) is 13.2 Å². The summed E-state index contributed by atoms with van der Waals surface area (Å²) >= 11 is 0. The number of hydrogen-bond acceptors (Lipinski definition) is 3. The third-order valence-corrected chi connectivity index (χ3v) is 2.42. The van der Waals surface area contributed by atoms with Crippen molar-refractivity contribution in [2.75, 3.05) is 13.2 Å². The van der Waals surface area contributed by atoms with E-state index in [9.17, 15) is 4.79 Å². The highest BCUT2D eigenvalue weighted by atomic mass is 16.6. The van der Waals surface area contributed by atoms with Gasteiger partial charge in [-0.2, -0.15) is 0 Å². The molecule has 1 heterocycles. The molecule has 88 valence electrons. The molecular weight excluding hydrogens is 194 g/mol. The summed E-state index contributed by atoms with van der Waals surface area (Å²) in [6.45, 7) is 10.9. The first-order valence-electron chi connectivity index (χ1n) is 5.46. The molecule has 1 rings (SSSR count). The monoisotopic (exact) mass is 215 g/mol. The van der Waals surface area contributed by atoms with E-state index in [1.807, 2.05) is 34.6 Å². The molecule has 0 aromatic heterocycles. The number of likely N-dealkylation sites (tertiary alicyclic amines) is 1. The Bertz CT molecular complexity index is 234. The molecule has 0 radical (unpaired) electrons. The minimum absolute atomic E-state index is 0.125. The van der Waals surface area contributed by atoms with Gasteiger partial charge in [-0.3, -0.25) is 0 Å². The highest BCUT2D eigenvalue weighted by Crippen LogP contribution is 2.23. The van der Waals surface area contributed by atoms with Gasteiger partial charge >= 0.3 is 6.09 Å². The first kappa shape index (κ1) is 12.3. The zero-order valence-electron chi connectivity index (χ0n) is 10.2. The highest BCUT2D eigenvalue weighted by molar-refractivity contribution is 5.69. The molecule has 15 heavy (non-hydrogen) atoms. The van der Waals surface area contributed by atoms with Gasteiger partial charge < -0.3 is 14.4 Å². The Labute approximate surface area is 91.5 Å². The van der Waals surface area contributed by atoms with E-state index in [4.69, 9.17) is 9.47 Å². The van der Waals surface area contributed by atoms with Gasteiger partial charge in [0.25, 0.3) is 0 Å². The van der Waals surface area contributed by atoms with Gasteiger partial charge in [0.2, 0.25) is 0 Å². The van der Waals surface area contributed by atoms with E-state index < -0.39 is 5.60 Å². The summed E-state index contributed by atoms with van der Waals surface area (Å²) in [4.78, 5) is 13.3. The van der Waals surface area contributed by atoms with Crippen molar-refractivity contribution < 1.29 is 14.3 Å². The lowest BCUT2D eigenvalue weighted by molar-refractivity contribution is -0.0939. The van der Waals surface area contributed by atoms with Crippen LogP contribution in [0.2, 0.25) is 0 Å². The third-order valence-electron chi connectivity index (χ3n) is 2.42. The van der Waals surface area contributed by atoms with Crippen molar-refractivity contribution in [3.8, 4) is 0 Å². The van der Waals surface area contributed by atoms with E-state index >= 15 is 0 Å². The van der Waals surface area contributed by atoms with Crippen LogP contribution in [0.4, 0.5) is 4.79 Å². The molecule has 0 aliphatic carbocycles. The molecule has 1 aliphatic rings. The van der Waals surface area contributed by atoms with Crippen LogP contribution >= 0.6 is 0 Å².